The van der Waals surface area contributed by atoms with Crippen LogP contribution in [0.2, 0.25) is 0 Å². The zero-order valence-corrected chi connectivity index (χ0v) is 11.9. The number of rotatable bonds is 5. The third-order valence-corrected chi connectivity index (χ3v) is 3.58. The van der Waals surface area contributed by atoms with Gasteiger partial charge in [-0.15, -0.1) is 0 Å². The molecule has 114 valence electrons. The lowest BCUT2D eigenvalue weighted by molar-refractivity contribution is -0.148. The van der Waals surface area contributed by atoms with E-state index in [4.69, 9.17) is 9.84 Å². The Kier molecular flexibility index (Phi) is 4.80. The average molecular weight is 293 g/mol. The number of likely N-dealkylation sites (tertiary alicyclic amines) is 1. The highest BCUT2D eigenvalue weighted by Gasteiger charge is 2.38. The molecular weight excluding hydrogens is 274 g/mol. The van der Waals surface area contributed by atoms with Crippen LogP contribution in [-0.4, -0.2) is 52.3 Å². The van der Waals surface area contributed by atoms with Crippen LogP contribution in [-0.2, 0) is 16.0 Å². The molecule has 1 saturated heterocycles. The summed E-state index contributed by atoms with van der Waals surface area (Å²) in [5.41, 5.74) is 1.17. The summed E-state index contributed by atoms with van der Waals surface area (Å²) in [5, 5.41) is 18.6. The third-order valence-electron chi connectivity index (χ3n) is 3.58. The Morgan fingerprint density at radius 1 is 1.33 bits per heavy atom. The van der Waals surface area contributed by atoms with Crippen molar-refractivity contribution >= 4 is 11.9 Å². The molecule has 6 heteroatoms. The molecule has 2 N–H and O–H groups in total. The van der Waals surface area contributed by atoms with Crippen LogP contribution in [0.5, 0.6) is 5.75 Å². The number of benzene rings is 1. The van der Waals surface area contributed by atoms with Crippen LogP contribution in [0, 0.1) is 0 Å². The molecule has 0 radical (unpaired) electrons. The molecular formula is C15H19NO5. The molecule has 6 nitrogen and oxygen atoms in total. The van der Waals surface area contributed by atoms with E-state index in [9.17, 15) is 14.7 Å². The minimum atomic E-state index is -1.10. The van der Waals surface area contributed by atoms with E-state index in [2.05, 4.69) is 0 Å². The quantitative estimate of drug-likeness (QED) is 0.833. The summed E-state index contributed by atoms with van der Waals surface area (Å²) in [6.07, 6.45) is 0.191. The van der Waals surface area contributed by atoms with Crippen molar-refractivity contribution in [1.82, 2.24) is 4.90 Å². The summed E-state index contributed by atoms with van der Waals surface area (Å²) in [7, 11) is 0. The van der Waals surface area contributed by atoms with Gasteiger partial charge in [0.1, 0.15) is 11.8 Å². The maximum absolute atomic E-state index is 12.0. The Morgan fingerprint density at radius 3 is 2.57 bits per heavy atom. The fourth-order valence-electron chi connectivity index (χ4n) is 2.37. The summed E-state index contributed by atoms with van der Waals surface area (Å²) in [4.78, 5) is 24.2. The van der Waals surface area contributed by atoms with Crippen molar-refractivity contribution in [2.24, 2.45) is 0 Å². The minimum Gasteiger partial charge on any atom is -0.484 e. The SMILES string of the molecule is CCc1ccc(OCC(=O)N2C[C@@H](O)C[C@@H]2C(=O)O)cc1. The first-order valence-corrected chi connectivity index (χ1v) is 6.93. The Morgan fingerprint density at radius 2 is 2.00 bits per heavy atom. The number of carboxylic acid groups (broad SMARTS) is 1. The van der Waals surface area contributed by atoms with E-state index >= 15 is 0 Å². The third kappa shape index (κ3) is 3.72. The van der Waals surface area contributed by atoms with Gasteiger partial charge in [-0.3, -0.25) is 4.79 Å². The summed E-state index contributed by atoms with van der Waals surface area (Å²) in [5.74, 6) is -0.974. The summed E-state index contributed by atoms with van der Waals surface area (Å²) >= 11 is 0. The molecule has 0 bridgehead atoms. The van der Waals surface area contributed by atoms with E-state index in [0.717, 1.165) is 11.3 Å². The van der Waals surface area contributed by atoms with Gasteiger partial charge in [-0.25, -0.2) is 4.79 Å². The Hall–Kier alpha value is -2.08. The second-order valence-electron chi connectivity index (χ2n) is 5.08. The van der Waals surface area contributed by atoms with Crippen LogP contribution in [0.1, 0.15) is 18.9 Å². The maximum atomic E-state index is 12.0. The fraction of sp³-hybridized carbons (Fsp3) is 0.467. The first-order valence-electron chi connectivity index (χ1n) is 6.93. The largest absolute Gasteiger partial charge is 0.484 e. The van der Waals surface area contributed by atoms with Crippen LogP contribution < -0.4 is 4.74 Å². The van der Waals surface area contributed by atoms with Crippen molar-refractivity contribution in [2.75, 3.05) is 13.2 Å². The van der Waals surface area contributed by atoms with E-state index in [0.29, 0.717) is 5.75 Å². The predicted octanol–water partition coefficient (Wildman–Crippen LogP) is 0.674. The molecule has 0 spiro atoms. The van der Waals surface area contributed by atoms with Gasteiger partial charge in [0.25, 0.3) is 5.91 Å². The van der Waals surface area contributed by atoms with Gasteiger partial charge in [0.2, 0.25) is 0 Å². The summed E-state index contributed by atoms with van der Waals surface area (Å²) in [6.45, 7) is 1.85. The van der Waals surface area contributed by atoms with Crippen molar-refractivity contribution in [1.29, 1.82) is 0 Å². The highest BCUT2D eigenvalue weighted by atomic mass is 16.5. The zero-order valence-electron chi connectivity index (χ0n) is 11.9. The molecule has 21 heavy (non-hydrogen) atoms. The molecule has 1 amide bonds. The molecule has 2 rings (SSSR count). The average Bonchev–Trinajstić information content (AvgIpc) is 2.87. The Balaban J connectivity index is 1.92. The van der Waals surface area contributed by atoms with Crippen LogP contribution in [0.4, 0.5) is 0 Å². The van der Waals surface area contributed by atoms with Gasteiger partial charge in [0, 0.05) is 13.0 Å². The highest BCUT2D eigenvalue weighted by molar-refractivity contribution is 5.85. The van der Waals surface area contributed by atoms with Crippen LogP contribution in [0.15, 0.2) is 24.3 Å². The van der Waals surface area contributed by atoms with Crippen LogP contribution in [0.3, 0.4) is 0 Å². The van der Waals surface area contributed by atoms with Crippen LogP contribution in [0.25, 0.3) is 0 Å². The number of carbonyl (C=O) groups is 2. The maximum Gasteiger partial charge on any atom is 0.326 e. The van der Waals surface area contributed by atoms with Gasteiger partial charge in [0.05, 0.1) is 6.10 Å². The Bertz CT molecular complexity index is 513. The van der Waals surface area contributed by atoms with Crippen molar-refractivity contribution in [2.45, 2.75) is 31.9 Å². The van der Waals surface area contributed by atoms with Gasteiger partial charge < -0.3 is 19.8 Å². The van der Waals surface area contributed by atoms with Gasteiger partial charge in [-0.2, -0.15) is 0 Å². The molecule has 0 aromatic heterocycles. The molecule has 1 aromatic rings. The number of aliphatic carboxylic acids is 1. The molecule has 1 aromatic carbocycles. The number of hydrogen-bond acceptors (Lipinski definition) is 4. The minimum absolute atomic E-state index is 0.0356. The zero-order chi connectivity index (χ0) is 15.4. The monoisotopic (exact) mass is 293 g/mol. The van der Waals surface area contributed by atoms with E-state index in [1.54, 1.807) is 12.1 Å². The first-order chi connectivity index (χ1) is 10.0. The van der Waals surface area contributed by atoms with Gasteiger partial charge in [0.15, 0.2) is 6.61 Å². The summed E-state index contributed by atoms with van der Waals surface area (Å²) < 4.78 is 5.38. The topological polar surface area (TPSA) is 87.1 Å². The van der Waals surface area contributed by atoms with E-state index in [1.807, 2.05) is 19.1 Å². The first kappa shape index (κ1) is 15.3. The molecule has 1 aliphatic heterocycles. The number of aliphatic hydroxyl groups is 1. The van der Waals surface area contributed by atoms with Crippen molar-refractivity contribution < 1.29 is 24.5 Å². The lowest BCUT2D eigenvalue weighted by Crippen LogP contribution is -2.42. The summed E-state index contributed by atoms with van der Waals surface area (Å²) in [6, 6.07) is 6.41. The number of carboxylic acids is 1. The fourth-order valence-corrected chi connectivity index (χ4v) is 2.37. The number of carbonyl (C=O) groups excluding carboxylic acids is 1. The molecule has 2 atom stereocenters. The van der Waals surface area contributed by atoms with Gasteiger partial charge >= 0.3 is 5.97 Å². The normalized spacial score (nSPS) is 21.3. The Labute approximate surface area is 122 Å². The van der Waals surface area contributed by atoms with E-state index < -0.39 is 24.0 Å². The lowest BCUT2D eigenvalue weighted by atomic mass is 10.2. The van der Waals surface area contributed by atoms with Gasteiger partial charge in [-0.05, 0) is 24.1 Å². The number of aryl methyl sites for hydroxylation is 1. The number of β-amino-alcohol motifs (C(OH)–C–C–N with tert-alkyl or cyclic N) is 1. The van der Waals surface area contributed by atoms with Crippen molar-refractivity contribution in [3.8, 4) is 5.75 Å². The molecule has 0 saturated carbocycles. The number of nitrogens with zero attached hydrogens (tertiary/aromatic N) is 1. The second kappa shape index (κ2) is 6.58. The molecule has 1 heterocycles. The second-order valence-corrected chi connectivity index (χ2v) is 5.08. The molecule has 0 aliphatic carbocycles. The number of aliphatic hydroxyl groups excluding tert-OH is 1. The molecule has 1 aliphatic rings. The number of amides is 1. The van der Waals surface area contributed by atoms with Crippen LogP contribution >= 0.6 is 0 Å². The van der Waals surface area contributed by atoms with E-state index in [-0.39, 0.29) is 19.6 Å². The van der Waals surface area contributed by atoms with E-state index in [1.165, 1.54) is 5.56 Å². The lowest BCUT2D eigenvalue weighted by Gasteiger charge is -2.21. The smallest absolute Gasteiger partial charge is 0.326 e. The molecule has 1 fully saturated rings. The number of ether oxygens (including phenoxy) is 1. The van der Waals surface area contributed by atoms with Gasteiger partial charge in [-0.1, -0.05) is 19.1 Å². The van der Waals surface area contributed by atoms with Crippen molar-refractivity contribution in [3.05, 3.63) is 29.8 Å². The standard InChI is InChI=1S/C15H19NO5/c1-2-10-3-5-12(6-4-10)21-9-14(18)16-8-11(17)7-13(16)15(19)20/h3-6,11,13,17H,2,7-9H2,1H3,(H,19,20)/t11-,13+/m0/s1. The highest BCUT2D eigenvalue weighted by Crippen LogP contribution is 2.19. The predicted molar refractivity (Wildman–Crippen MR) is 75.1 cm³/mol. The molecule has 0 unspecified atom stereocenters. The van der Waals surface area contributed by atoms with Crippen molar-refractivity contribution in [3.63, 3.8) is 0 Å². The number of hydrogen-bond donors (Lipinski definition) is 2.